The molecule has 0 atom stereocenters. The number of anilines is 1. The number of fused-ring (bicyclic) bond motifs is 1. The quantitative estimate of drug-likeness (QED) is 0.638. The molecule has 0 aliphatic rings. The minimum atomic E-state index is -3.73. The Hall–Kier alpha value is -3.04. The van der Waals surface area contributed by atoms with Gasteiger partial charge in [0.05, 0.1) is 16.1 Å². The third-order valence-electron chi connectivity index (χ3n) is 4.52. The van der Waals surface area contributed by atoms with Gasteiger partial charge in [-0.2, -0.15) is 4.31 Å². The Morgan fingerprint density at radius 3 is 2.55 bits per heavy atom. The Kier molecular flexibility index (Phi) is 6.09. The number of sulfonamides is 1. The van der Waals surface area contributed by atoms with Gasteiger partial charge in [-0.15, -0.1) is 0 Å². The molecule has 29 heavy (non-hydrogen) atoms. The molecule has 2 aromatic heterocycles. The lowest BCUT2D eigenvalue weighted by Gasteiger charge is -2.19. The van der Waals surface area contributed by atoms with Gasteiger partial charge in [0.1, 0.15) is 6.54 Å². The second-order valence-electron chi connectivity index (χ2n) is 6.35. The smallest absolute Gasteiger partial charge is 0.251 e. The molecule has 0 aliphatic carbocycles. The molecule has 0 saturated heterocycles. The highest BCUT2D eigenvalue weighted by atomic mass is 32.2. The number of aromatic nitrogens is 2. The number of nitrogens with zero attached hydrogens (tertiary/aromatic N) is 3. The molecule has 1 aromatic carbocycles. The standard InChI is InChI=1S/C20H22N4O4S/c1-3-24(4-2)29(27,28)16-10-11-19(26)23(13-16)14-18(25)22-17-9-5-7-15-8-6-12-21-20(15)17/h5-13H,3-4,14H2,1-2H3,(H,22,25). The van der Waals surface area contributed by atoms with Crippen LogP contribution in [-0.4, -0.2) is 41.3 Å². The minimum absolute atomic E-state index is 0.0274. The van der Waals surface area contributed by atoms with Crippen molar-refractivity contribution in [3.8, 4) is 0 Å². The van der Waals surface area contributed by atoms with Gasteiger partial charge in [0.2, 0.25) is 15.9 Å². The first kappa shape index (κ1) is 20.7. The lowest BCUT2D eigenvalue weighted by molar-refractivity contribution is -0.116. The van der Waals surface area contributed by atoms with E-state index in [1.807, 2.05) is 12.1 Å². The summed E-state index contributed by atoms with van der Waals surface area (Å²) in [4.78, 5) is 28.9. The average Bonchev–Trinajstić information content (AvgIpc) is 2.70. The lowest BCUT2D eigenvalue weighted by Crippen LogP contribution is -2.33. The van der Waals surface area contributed by atoms with Crippen LogP contribution in [-0.2, 0) is 21.4 Å². The largest absolute Gasteiger partial charge is 0.323 e. The van der Waals surface area contributed by atoms with Crippen molar-refractivity contribution in [2.24, 2.45) is 0 Å². The molecular formula is C20H22N4O4S. The van der Waals surface area contributed by atoms with Crippen LogP contribution in [0.15, 0.2) is 64.5 Å². The number of nitrogens with one attached hydrogen (secondary N) is 1. The molecule has 3 aromatic rings. The van der Waals surface area contributed by atoms with Crippen LogP contribution >= 0.6 is 0 Å². The molecule has 0 aliphatic heterocycles. The Morgan fingerprint density at radius 1 is 1.10 bits per heavy atom. The monoisotopic (exact) mass is 414 g/mol. The lowest BCUT2D eigenvalue weighted by atomic mass is 10.2. The maximum absolute atomic E-state index is 12.7. The fourth-order valence-corrected chi connectivity index (χ4v) is 4.53. The molecule has 2 heterocycles. The Balaban J connectivity index is 1.86. The van der Waals surface area contributed by atoms with E-state index in [0.717, 1.165) is 16.0 Å². The van der Waals surface area contributed by atoms with Gasteiger partial charge in [-0.3, -0.25) is 14.6 Å². The van der Waals surface area contributed by atoms with Gasteiger partial charge in [0.25, 0.3) is 5.56 Å². The maximum Gasteiger partial charge on any atom is 0.251 e. The van der Waals surface area contributed by atoms with Gasteiger partial charge >= 0.3 is 0 Å². The zero-order valence-corrected chi connectivity index (χ0v) is 17.0. The van der Waals surface area contributed by atoms with Crippen molar-refractivity contribution in [3.05, 3.63) is 65.2 Å². The van der Waals surface area contributed by atoms with Gasteiger partial charge in [-0.1, -0.05) is 32.0 Å². The molecule has 0 bridgehead atoms. The van der Waals surface area contributed by atoms with Crippen LogP contribution in [0.5, 0.6) is 0 Å². The third kappa shape index (κ3) is 4.36. The van der Waals surface area contributed by atoms with Crippen molar-refractivity contribution in [1.82, 2.24) is 13.9 Å². The second-order valence-corrected chi connectivity index (χ2v) is 8.29. The second kappa shape index (κ2) is 8.54. The van der Waals surface area contributed by atoms with Crippen molar-refractivity contribution >= 4 is 32.5 Å². The topological polar surface area (TPSA) is 101 Å². The number of rotatable bonds is 7. The van der Waals surface area contributed by atoms with Crippen molar-refractivity contribution in [3.63, 3.8) is 0 Å². The first-order valence-electron chi connectivity index (χ1n) is 9.21. The molecule has 8 nitrogen and oxygen atoms in total. The van der Waals surface area contributed by atoms with Gasteiger partial charge in [-0.05, 0) is 18.2 Å². The first-order chi connectivity index (χ1) is 13.9. The molecule has 3 rings (SSSR count). The highest BCUT2D eigenvalue weighted by molar-refractivity contribution is 7.89. The van der Waals surface area contributed by atoms with Crippen LogP contribution < -0.4 is 10.9 Å². The fraction of sp³-hybridized carbons (Fsp3) is 0.250. The van der Waals surface area contributed by atoms with Crippen LogP contribution in [0, 0.1) is 0 Å². The number of hydrogen-bond acceptors (Lipinski definition) is 5. The van der Waals surface area contributed by atoms with E-state index in [9.17, 15) is 18.0 Å². The molecular weight excluding hydrogens is 392 g/mol. The third-order valence-corrected chi connectivity index (χ3v) is 6.55. The maximum atomic E-state index is 12.7. The Labute approximate surface area is 168 Å². The number of para-hydroxylation sites is 1. The average molecular weight is 414 g/mol. The number of benzene rings is 1. The van der Waals surface area contributed by atoms with E-state index in [1.54, 1.807) is 38.2 Å². The van der Waals surface area contributed by atoms with Crippen molar-refractivity contribution < 1.29 is 13.2 Å². The normalized spacial score (nSPS) is 11.7. The molecule has 0 spiro atoms. The van der Waals surface area contributed by atoms with E-state index in [0.29, 0.717) is 24.3 Å². The summed E-state index contributed by atoms with van der Waals surface area (Å²) >= 11 is 0. The molecule has 9 heteroatoms. The highest BCUT2D eigenvalue weighted by Gasteiger charge is 2.22. The van der Waals surface area contributed by atoms with Crippen molar-refractivity contribution in [2.75, 3.05) is 18.4 Å². The van der Waals surface area contributed by atoms with Gasteiger partial charge in [0.15, 0.2) is 0 Å². The predicted molar refractivity (Wildman–Crippen MR) is 111 cm³/mol. The van der Waals surface area contributed by atoms with Gasteiger partial charge < -0.3 is 9.88 Å². The van der Waals surface area contributed by atoms with Crippen molar-refractivity contribution in [1.29, 1.82) is 0 Å². The van der Waals surface area contributed by atoms with E-state index in [4.69, 9.17) is 0 Å². The summed E-state index contributed by atoms with van der Waals surface area (Å²) < 4.78 is 27.7. The van der Waals surface area contributed by atoms with Crippen molar-refractivity contribution in [2.45, 2.75) is 25.3 Å². The van der Waals surface area contributed by atoms with Gasteiger partial charge in [0, 0.05) is 36.9 Å². The van der Waals surface area contributed by atoms with Crippen LogP contribution in [0.4, 0.5) is 5.69 Å². The fourth-order valence-electron chi connectivity index (χ4n) is 3.05. The van der Waals surface area contributed by atoms with E-state index < -0.39 is 21.5 Å². The SMILES string of the molecule is CCN(CC)S(=O)(=O)c1ccc(=O)n(CC(=O)Nc2cccc3cccnc23)c1. The molecule has 0 unspecified atom stereocenters. The number of pyridine rings is 2. The summed E-state index contributed by atoms with van der Waals surface area (Å²) in [6.45, 7) is 3.79. The number of hydrogen-bond donors (Lipinski definition) is 1. The van der Waals surface area contributed by atoms with Gasteiger partial charge in [-0.25, -0.2) is 8.42 Å². The summed E-state index contributed by atoms with van der Waals surface area (Å²) in [6.07, 6.45) is 2.83. The number of amides is 1. The summed E-state index contributed by atoms with van der Waals surface area (Å²) in [5.74, 6) is -0.456. The van der Waals surface area contributed by atoms with Crippen LogP contribution in [0.3, 0.4) is 0 Å². The minimum Gasteiger partial charge on any atom is -0.323 e. The van der Waals surface area contributed by atoms with Crippen LogP contribution in [0.2, 0.25) is 0 Å². The first-order valence-corrected chi connectivity index (χ1v) is 10.6. The summed E-state index contributed by atoms with van der Waals surface area (Å²) in [5, 5.41) is 3.61. The predicted octanol–water partition coefficient (Wildman–Crippen LogP) is 2.07. The molecule has 1 N–H and O–H groups in total. The van der Waals surface area contributed by atoms with E-state index >= 15 is 0 Å². The van der Waals surface area contributed by atoms with E-state index in [1.165, 1.54) is 16.6 Å². The molecule has 152 valence electrons. The summed E-state index contributed by atoms with van der Waals surface area (Å²) in [7, 11) is -3.73. The van der Waals surface area contributed by atoms with Crippen LogP contribution in [0.1, 0.15) is 13.8 Å². The Morgan fingerprint density at radius 2 is 1.83 bits per heavy atom. The summed E-state index contributed by atoms with van der Waals surface area (Å²) in [6, 6.07) is 11.5. The Bertz CT molecular complexity index is 1200. The summed E-state index contributed by atoms with van der Waals surface area (Å²) in [5.41, 5.74) is 0.691. The zero-order chi connectivity index (χ0) is 21.0. The number of carbonyl (C=O) groups is 1. The molecule has 0 fully saturated rings. The zero-order valence-electron chi connectivity index (χ0n) is 16.2. The van der Waals surface area contributed by atoms with Crippen LogP contribution in [0.25, 0.3) is 10.9 Å². The molecule has 0 saturated carbocycles. The molecule has 1 amide bonds. The van der Waals surface area contributed by atoms with E-state index in [2.05, 4.69) is 10.3 Å². The highest BCUT2D eigenvalue weighted by Crippen LogP contribution is 2.20. The molecule has 0 radical (unpaired) electrons. The number of carbonyl (C=O) groups excluding carboxylic acids is 1. The van der Waals surface area contributed by atoms with E-state index in [-0.39, 0.29) is 11.4 Å².